The van der Waals surface area contributed by atoms with Crippen LogP contribution in [0.1, 0.15) is 18.4 Å². The highest BCUT2D eigenvalue weighted by Crippen LogP contribution is 2.29. The van der Waals surface area contributed by atoms with Gasteiger partial charge in [-0.25, -0.2) is 0 Å². The molecule has 0 heterocycles. The Morgan fingerprint density at radius 2 is 2.21 bits per heavy atom. The normalized spacial score (nSPS) is 16.2. The van der Waals surface area contributed by atoms with Crippen molar-refractivity contribution in [2.75, 3.05) is 13.6 Å². The van der Waals surface area contributed by atoms with Crippen molar-refractivity contribution in [1.29, 1.82) is 0 Å². The first-order chi connectivity index (χ1) is 6.74. The van der Waals surface area contributed by atoms with E-state index in [9.17, 15) is 0 Å². The molecule has 0 saturated heterocycles. The highest BCUT2D eigenvalue weighted by molar-refractivity contribution is 9.10. The second-order valence-corrected chi connectivity index (χ2v) is 5.19. The lowest BCUT2D eigenvalue weighted by molar-refractivity contribution is 0.313. The van der Waals surface area contributed by atoms with Crippen LogP contribution in [-0.2, 0) is 6.54 Å². The van der Waals surface area contributed by atoms with E-state index >= 15 is 0 Å². The predicted octanol–water partition coefficient (Wildman–Crippen LogP) is 3.29. The maximum atomic E-state index is 3.50. The molecule has 0 radical (unpaired) electrons. The minimum Gasteiger partial charge on any atom is -0.302 e. The summed E-state index contributed by atoms with van der Waals surface area (Å²) in [6.07, 6.45) is 2.87. The number of hydrogen-bond donors (Lipinski definition) is 0. The average molecular weight is 254 g/mol. The SMILES string of the molecule is CN(Cc1cccc(Br)c1)CC1CC1. The van der Waals surface area contributed by atoms with Gasteiger partial charge in [0, 0.05) is 17.6 Å². The molecule has 1 saturated carbocycles. The summed E-state index contributed by atoms with van der Waals surface area (Å²) in [6, 6.07) is 8.56. The van der Waals surface area contributed by atoms with Crippen LogP contribution < -0.4 is 0 Å². The fourth-order valence-electron chi connectivity index (χ4n) is 1.75. The molecule has 1 fully saturated rings. The zero-order chi connectivity index (χ0) is 9.97. The Hall–Kier alpha value is -0.340. The number of halogens is 1. The molecular formula is C12H16BrN. The second-order valence-electron chi connectivity index (χ2n) is 4.27. The Balaban J connectivity index is 1.88. The van der Waals surface area contributed by atoms with Gasteiger partial charge >= 0.3 is 0 Å². The fourth-order valence-corrected chi connectivity index (χ4v) is 2.20. The molecule has 14 heavy (non-hydrogen) atoms. The van der Waals surface area contributed by atoms with Gasteiger partial charge in [0.15, 0.2) is 0 Å². The quantitative estimate of drug-likeness (QED) is 0.796. The molecule has 0 bridgehead atoms. The minimum atomic E-state index is 0.979. The Bertz CT molecular complexity index is 307. The van der Waals surface area contributed by atoms with Crippen LogP contribution in [0.4, 0.5) is 0 Å². The summed E-state index contributed by atoms with van der Waals surface area (Å²) in [5.74, 6) is 0.979. The van der Waals surface area contributed by atoms with Crippen molar-refractivity contribution in [3.8, 4) is 0 Å². The molecule has 0 unspecified atom stereocenters. The van der Waals surface area contributed by atoms with E-state index in [1.165, 1.54) is 29.4 Å². The number of benzene rings is 1. The molecule has 0 aromatic heterocycles. The lowest BCUT2D eigenvalue weighted by atomic mass is 10.2. The molecule has 1 aliphatic carbocycles. The molecular weight excluding hydrogens is 238 g/mol. The molecule has 2 rings (SSSR count). The molecule has 0 N–H and O–H groups in total. The van der Waals surface area contributed by atoms with Crippen molar-refractivity contribution in [1.82, 2.24) is 4.90 Å². The molecule has 1 nitrogen and oxygen atoms in total. The van der Waals surface area contributed by atoms with E-state index in [1.807, 2.05) is 0 Å². The predicted molar refractivity (Wildman–Crippen MR) is 63.2 cm³/mol. The van der Waals surface area contributed by atoms with E-state index in [-0.39, 0.29) is 0 Å². The molecule has 1 aromatic rings. The van der Waals surface area contributed by atoms with Gasteiger partial charge in [-0.15, -0.1) is 0 Å². The molecule has 0 aliphatic heterocycles. The van der Waals surface area contributed by atoms with Crippen molar-refractivity contribution in [2.24, 2.45) is 5.92 Å². The van der Waals surface area contributed by atoms with Crippen molar-refractivity contribution in [2.45, 2.75) is 19.4 Å². The Kier molecular flexibility index (Phi) is 3.24. The lowest BCUT2D eigenvalue weighted by Gasteiger charge is -2.16. The van der Waals surface area contributed by atoms with E-state index in [0.717, 1.165) is 12.5 Å². The van der Waals surface area contributed by atoms with E-state index in [0.29, 0.717) is 0 Å². The van der Waals surface area contributed by atoms with Gasteiger partial charge in [-0.1, -0.05) is 28.1 Å². The largest absolute Gasteiger partial charge is 0.302 e. The van der Waals surface area contributed by atoms with Crippen LogP contribution in [-0.4, -0.2) is 18.5 Å². The maximum absolute atomic E-state index is 3.50. The third-order valence-corrected chi connectivity index (χ3v) is 3.10. The standard InChI is InChI=1S/C12H16BrN/c1-14(8-10-5-6-10)9-11-3-2-4-12(13)7-11/h2-4,7,10H,5-6,8-9H2,1H3. The Morgan fingerprint density at radius 1 is 1.43 bits per heavy atom. The Labute approximate surface area is 94.2 Å². The summed E-state index contributed by atoms with van der Waals surface area (Å²) in [6.45, 7) is 2.32. The first kappa shape index (κ1) is 10.2. The molecule has 1 aromatic carbocycles. The second kappa shape index (κ2) is 4.45. The van der Waals surface area contributed by atoms with Crippen LogP contribution in [0.2, 0.25) is 0 Å². The topological polar surface area (TPSA) is 3.24 Å². The van der Waals surface area contributed by atoms with Gasteiger partial charge in [0.25, 0.3) is 0 Å². The third kappa shape index (κ3) is 3.10. The third-order valence-electron chi connectivity index (χ3n) is 2.61. The molecule has 0 amide bonds. The van der Waals surface area contributed by atoms with E-state index < -0.39 is 0 Å². The van der Waals surface area contributed by atoms with Gasteiger partial charge < -0.3 is 4.90 Å². The highest BCUT2D eigenvalue weighted by Gasteiger charge is 2.22. The van der Waals surface area contributed by atoms with E-state index in [2.05, 4.69) is 52.1 Å². The van der Waals surface area contributed by atoms with Gasteiger partial charge in [0.1, 0.15) is 0 Å². The fraction of sp³-hybridized carbons (Fsp3) is 0.500. The van der Waals surface area contributed by atoms with Crippen LogP contribution in [0.5, 0.6) is 0 Å². The van der Waals surface area contributed by atoms with E-state index in [1.54, 1.807) is 0 Å². The lowest BCUT2D eigenvalue weighted by Crippen LogP contribution is -2.20. The van der Waals surface area contributed by atoms with Gasteiger partial charge in [-0.05, 0) is 43.5 Å². The zero-order valence-corrected chi connectivity index (χ0v) is 10.1. The van der Waals surface area contributed by atoms with Gasteiger partial charge in [-0.2, -0.15) is 0 Å². The van der Waals surface area contributed by atoms with Crippen molar-refractivity contribution in [3.63, 3.8) is 0 Å². The average Bonchev–Trinajstić information content (AvgIpc) is 2.87. The van der Waals surface area contributed by atoms with Crippen molar-refractivity contribution < 1.29 is 0 Å². The van der Waals surface area contributed by atoms with Crippen LogP contribution >= 0.6 is 15.9 Å². The summed E-state index contributed by atoms with van der Waals surface area (Å²) in [5.41, 5.74) is 1.39. The minimum absolute atomic E-state index is 0.979. The Morgan fingerprint density at radius 3 is 2.86 bits per heavy atom. The number of nitrogens with zero attached hydrogens (tertiary/aromatic N) is 1. The summed E-state index contributed by atoms with van der Waals surface area (Å²) in [4.78, 5) is 2.42. The van der Waals surface area contributed by atoms with E-state index in [4.69, 9.17) is 0 Å². The summed E-state index contributed by atoms with van der Waals surface area (Å²) >= 11 is 3.50. The smallest absolute Gasteiger partial charge is 0.0231 e. The van der Waals surface area contributed by atoms with Crippen molar-refractivity contribution >= 4 is 15.9 Å². The first-order valence-electron chi connectivity index (χ1n) is 5.17. The summed E-state index contributed by atoms with van der Waals surface area (Å²) in [7, 11) is 2.21. The summed E-state index contributed by atoms with van der Waals surface area (Å²) in [5, 5.41) is 0. The highest BCUT2D eigenvalue weighted by atomic mass is 79.9. The zero-order valence-electron chi connectivity index (χ0n) is 8.54. The number of rotatable bonds is 4. The summed E-state index contributed by atoms with van der Waals surface area (Å²) < 4.78 is 1.18. The molecule has 0 spiro atoms. The van der Waals surface area contributed by atoms with Gasteiger partial charge in [-0.3, -0.25) is 0 Å². The number of hydrogen-bond acceptors (Lipinski definition) is 1. The first-order valence-corrected chi connectivity index (χ1v) is 5.96. The monoisotopic (exact) mass is 253 g/mol. The maximum Gasteiger partial charge on any atom is 0.0231 e. The molecule has 0 atom stereocenters. The van der Waals surface area contributed by atoms with Crippen LogP contribution in [0.15, 0.2) is 28.7 Å². The van der Waals surface area contributed by atoms with Crippen molar-refractivity contribution in [3.05, 3.63) is 34.3 Å². The van der Waals surface area contributed by atoms with Crippen LogP contribution in [0.25, 0.3) is 0 Å². The van der Waals surface area contributed by atoms with Crippen LogP contribution in [0, 0.1) is 5.92 Å². The van der Waals surface area contributed by atoms with Gasteiger partial charge in [0.05, 0.1) is 0 Å². The molecule has 2 heteroatoms. The van der Waals surface area contributed by atoms with Gasteiger partial charge in [0.2, 0.25) is 0 Å². The van der Waals surface area contributed by atoms with Crippen LogP contribution in [0.3, 0.4) is 0 Å². The molecule has 1 aliphatic rings. The molecule has 76 valence electrons.